The molecular formula is C16H27NO. The van der Waals surface area contributed by atoms with Crippen LogP contribution in [0.2, 0.25) is 0 Å². The minimum Gasteiger partial charge on any atom is -0.323 e. The molecule has 0 bridgehead atoms. The van der Waals surface area contributed by atoms with E-state index in [1.165, 1.54) is 12.8 Å². The van der Waals surface area contributed by atoms with E-state index >= 15 is 0 Å². The molecule has 1 unspecified atom stereocenters. The zero-order valence-electron chi connectivity index (χ0n) is 12.1. The smallest absolute Gasteiger partial charge is 0.250 e. The van der Waals surface area contributed by atoms with Gasteiger partial charge in [0.05, 0.1) is 0 Å². The highest BCUT2D eigenvalue weighted by molar-refractivity contribution is 5.94. The van der Waals surface area contributed by atoms with Gasteiger partial charge in [0.25, 0.3) is 5.91 Å². The predicted molar refractivity (Wildman–Crippen MR) is 79.2 cm³/mol. The summed E-state index contributed by atoms with van der Waals surface area (Å²) in [5, 5.41) is 2.78. The van der Waals surface area contributed by atoms with E-state index < -0.39 is 0 Å². The van der Waals surface area contributed by atoms with Gasteiger partial charge < -0.3 is 5.32 Å². The lowest BCUT2D eigenvalue weighted by Crippen LogP contribution is -2.23. The Balaban J connectivity index is 3.95. The number of hydrogen-bond donors (Lipinski definition) is 1. The predicted octanol–water partition coefficient (Wildman–Crippen LogP) is 4.36. The second-order valence-corrected chi connectivity index (χ2v) is 4.79. The van der Waals surface area contributed by atoms with Crippen molar-refractivity contribution in [1.82, 2.24) is 5.32 Å². The fraction of sp³-hybridized carbons (Fsp3) is 0.562. The third-order valence-corrected chi connectivity index (χ3v) is 3.07. The van der Waals surface area contributed by atoms with Gasteiger partial charge in [-0.1, -0.05) is 52.3 Å². The standard InChI is InChI=1S/C16H27NO/c1-6-10-13(4)11-9-12-14(5)16(18)17-15(7-2)8-3/h7-8,13H,2,5-6,9-12H2,1,3-4H3,(H,17,18). The number of rotatable bonds is 9. The summed E-state index contributed by atoms with van der Waals surface area (Å²) in [6.07, 6.45) is 8.92. The van der Waals surface area contributed by atoms with Crippen molar-refractivity contribution in [3.05, 3.63) is 36.6 Å². The summed E-state index contributed by atoms with van der Waals surface area (Å²) in [6, 6.07) is 0. The van der Waals surface area contributed by atoms with Crippen LogP contribution in [0.4, 0.5) is 0 Å². The van der Waals surface area contributed by atoms with Crippen molar-refractivity contribution < 1.29 is 4.79 Å². The largest absolute Gasteiger partial charge is 0.323 e. The molecule has 0 heterocycles. The van der Waals surface area contributed by atoms with Crippen LogP contribution >= 0.6 is 0 Å². The lowest BCUT2D eigenvalue weighted by molar-refractivity contribution is -0.116. The van der Waals surface area contributed by atoms with Gasteiger partial charge in [-0.05, 0) is 31.8 Å². The van der Waals surface area contributed by atoms with Crippen LogP contribution in [-0.4, -0.2) is 5.91 Å². The van der Waals surface area contributed by atoms with Crippen LogP contribution in [0.15, 0.2) is 36.6 Å². The third-order valence-electron chi connectivity index (χ3n) is 3.07. The zero-order chi connectivity index (χ0) is 14.0. The Kier molecular flexibility index (Phi) is 8.99. The van der Waals surface area contributed by atoms with E-state index in [4.69, 9.17) is 0 Å². The topological polar surface area (TPSA) is 29.1 Å². The van der Waals surface area contributed by atoms with E-state index in [0.29, 0.717) is 5.57 Å². The van der Waals surface area contributed by atoms with E-state index in [0.717, 1.165) is 30.9 Å². The fourth-order valence-corrected chi connectivity index (χ4v) is 1.88. The molecule has 0 saturated carbocycles. The van der Waals surface area contributed by atoms with Crippen LogP contribution in [0.25, 0.3) is 0 Å². The number of carbonyl (C=O) groups excluding carboxylic acids is 1. The molecule has 102 valence electrons. The Morgan fingerprint density at radius 2 is 2.06 bits per heavy atom. The van der Waals surface area contributed by atoms with E-state index in [9.17, 15) is 4.79 Å². The van der Waals surface area contributed by atoms with Gasteiger partial charge in [0.15, 0.2) is 0 Å². The second-order valence-electron chi connectivity index (χ2n) is 4.79. The second kappa shape index (κ2) is 9.69. The third kappa shape index (κ3) is 7.10. The maximum Gasteiger partial charge on any atom is 0.250 e. The van der Waals surface area contributed by atoms with Crippen molar-refractivity contribution in [2.45, 2.75) is 52.9 Å². The van der Waals surface area contributed by atoms with Gasteiger partial charge in [0.1, 0.15) is 0 Å². The van der Waals surface area contributed by atoms with Crippen LogP contribution in [0.1, 0.15) is 52.9 Å². The Bertz CT molecular complexity index is 315. The highest BCUT2D eigenvalue weighted by Gasteiger charge is 2.08. The molecule has 0 aliphatic rings. The SMILES string of the molecule is C=CC(=CC)NC(=O)C(=C)CCCC(C)CCC. The number of carbonyl (C=O) groups is 1. The van der Waals surface area contributed by atoms with Crippen molar-refractivity contribution in [3.63, 3.8) is 0 Å². The van der Waals surface area contributed by atoms with E-state index in [2.05, 4.69) is 32.3 Å². The minimum atomic E-state index is -0.0915. The molecule has 18 heavy (non-hydrogen) atoms. The first-order chi connectivity index (χ1) is 8.54. The first-order valence-electron chi connectivity index (χ1n) is 6.83. The van der Waals surface area contributed by atoms with Crippen LogP contribution in [0.3, 0.4) is 0 Å². The van der Waals surface area contributed by atoms with Crippen LogP contribution in [0, 0.1) is 5.92 Å². The van der Waals surface area contributed by atoms with Gasteiger partial charge in [0.2, 0.25) is 0 Å². The quantitative estimate of drug-likeness (QED) is 0.477. The molecule has 0 spiro atoms. The summed E-state index contributed by atoms with van der Waals surface area (Å²) >= 11 is 0. The highest BCUT2D eigenvalue weighted by Crippen LogP contribution is 2.16. The first kappa shape index (κ1) is 16.7. The molecule has 0 saturated heterocycles. The molecule has 1 N–H and O–H groups in total. The molecule has 2 heteroatoms. The Morgan fingerprint density at radius 3 is 2.56 bits per heavy atom. The van der Waals surface area contributed by atoms with E-state index in [1.54, 1.807) is 6.08 Å². The molecule has 0 aromatic rings. The number of hydrogen-bond acceptors (Lipinski definition) is 1. The molecule has 0 radical (unpaired) electrons. The normalized spacial score (nSPS) is 12.9. The van der Waals surface area contributed by atoms with Gasteiger partial charge in [-0.3, -0.25) is 4.79 Å². The zero-order valence-corrected chi connectivity index (χ0v) is 12.1. The van der Waals surface area contributed by atoms with Crippen LogP contribution in [0.5, 0.6) is 0 Å². The number of amides is 1. The Labute approximate surface area is 112 Å². The minimum absolute atomic E-state index is 0.0915. The maximum absolute atomic E-state index is 11.8. The van der Waals surface area contributed by atoms with Gasteiger partial charge in [0, 0.05) is 11.3 Å². The molecule has 1 atom stereocenters. The molecule has 1 amide bonds. The first-order valence-corrected chi connectivity index (χ1v) is 6.83. The summed E-state index contributed by atoms with van der Waals surface area (Å²) < 4.78 is 0. The number of allylic oxidation sites excluding steroid dienone is 2. The van der Waals surface area contributed by atoms with Crippen LogP contribution < -0.4 is 5.32 Å². The Morgan fingerprint density at radius 1 is 1.39 bits per heavy atom. The summed E-state index contributed by atoms with van der Waals surface area (Å²) in [6.45, 7) is 13.8. The van der Waals surface area contributed by atoms with Gasteiger partial charge in [-0.25, -0.2) is 0 Å². The van der Waals surface area contributed by atoms with Crippen molar-refractivity contribution in [3.8, 4) is 0 Å². The molecule has 0 aliphatic carbocycles. The summed E-state index contributed by atoms with van der Waals surface area (Å²) in [4.78, 5) is 11.8. The van der Waals surface area contributed by atoms with Crippen molar-refractivity contribution >= 4 is 5.91 Å². The molecule has 0 fully saturated rings. The van der Waals surface area contributed by atoms with Crippen molar-refractivity contribution in [1.29, 1.82) is 0 Å². The summed E-state index contributed by atoms with van der Waals surface area (Å²) in [5.74, 6) is 0.649. The average molecular weight is 249 g/mol. The molecule has 0 aromatic heterocycles. The van der Waals surface area contributed by atoms with Crippen molar-refractivity contribution in [2.24, 2.45) is 5.92 Å². The highest BCUT2D eigenvalue weighted by atomic mass is 16.1. The molecular weight excluding hydrogens is 222 g/mol. The fourth-order valence-electron chi connectivity index (χ4n) is 1.88. The maximum atomic E-state index is 11.8. The van der Waals surface area contributed by atoms with Gasteiger partial charge in [-0.2, -0.15) is 0 Å². The summed E-state index contributed by atoms with van der Waals surface area (Å²) in [7, 11) is 0. The van der Waals surface area contributed by atoms with Gasteiger partial charge >= 0.3 is 0 Å². The molecule has 0 aliphatic heterocycles. The molecule has 0 aromatic carbocycles. The van der Waals surface area contributed by atoms with Crippen LogP contribution in [-0.2, 0) is 4.79 Å². The summed E-state index contributed by atoms with van der Waals surface area (Å²) in [5.41, 5.74) is 1.39. The lowest BCUT2D eigenvalue weighted by Gasteiger charge is -2.11. The monoisotopic (exact) mass is 249 g/mol. The van der Waals surface area contributed by atoms with E-state index in [-0.39, 0.29) is 5.91 Å². The lowest BCUT2D eigenvalue weighted by atomic mass is 9.97. The molecule has 0 rings (SSSR count). The van der Waals surface area contributed by atoms with Crippen molar-refractivity contribution in [2.75, 3.05) is 0 Å². The average Bonchev–Trinajstić information content (AvgIpc) is 2.35. The molecule has 2 nitrogen and oxygen atoms in total. The van der Waals surface area contributed by atoms with Gasteiger partial charge in [-0.15, -0.1) is 0 Å². The van der Waals surface area contributed by atoms with E-state index in [1.807, 2.05) is 13.0 Å². The number of nitrogens with one attached hydrogen (secondary N) is 1. The Hall–Kier alpha value is -1.31.